The second kappa shape index (κ2) is 8.90. The molecule has 1 aromatic heterocycles. The highest BCUT2D eigenvalue weighted by atomic mass is 32.2. The Labute approximate surface area is 204 Å². The van der Waals surface area contributed by atoms with Crippen LogP contribution in [0.1, 0.15) is 22.3 Å². The molecule has 1 heterocycles. The fourth-order valence-electron chi connectivity index (χ4n) is 4.04. The second-order valence-corrected chi connectivity index (χ2v) is 10.2. The first-order chi connectivity index (χ1) is 16.8. The largest absolute Gasteiger partial charge is 0.268 e. The summed E-state index contributed by atoms with van der Waals surface area (Å²) in [6, 6.07) is 27.8. The van der Waals surface area contributed by atoms with Crippen LogP contribution in [0.15, 0.2) is 102 Å². The lowest BCUT2D eigenvalue weighted by Crippen LogP contribution is -2.14. The minimum Gasteiger partial charge on any atom is -0.232 e. The van der Waals surface area contributed by atoms with E-state index < -0.39 is 10.0 Å². The number of fused-ring (bicyclic) bond motifs is 1. The van der Waals surface area contributed by atoms with Gasteiger partial charge in [-0.15, -0.1) is 0 Å². The molecule has 5 heteroatoms. The van der Waals surface area contributed by atoms with Crippen molar-refractivity contribution in [3.63, 3.8) is 0 Å². The number of benzene rings is 4. The number of hydrogen-bond acceptors (Lipinski definition) is 2. The normalized spacial score (nSPS) is 11.3. The van der Waals surface area contributed by atoms with Crippen LogP contribution in [0.2, 0.25) is 0 Å². The number of hydrogen-bond donors (Lipinski definition) is 0. The molecule has 5 aromatic rings. The molecule has 3 nitrogen and oxygen atoms in total. The van der Waals surface area contributed by atoms with E-state index in [1.807, 2.05) is 56.3 Å². The number of aryl methyl sites for hydroxylation is 2. The molecule has 0 aliphatic heterocycles. The van der Waals surface area contributed by atoms with E-state index >= 15 is 0 Å². The molecule has 0 amide bonds. The second-order valence-electron chi connectivity index (χ2n) is 8.45. The van der Waals surface area contributed by atoms with Crippen molar-refractivity contribution in [2.75, 3.05) is 0 Å². The van der Waals surface area contributed by atoms with Crippen LogP contribution in [-0.4, -0.2) is 12.4 Å². The van der Waals surface area contributed by atoms with Crippen molar-refractivity contribution in [2.45, 2.75) is 18.7 Å². The van der Waals surface area contributed by atoms with Gasteiger partial charge in [0, 0.05) is 16.5 Å². The lowest BCUT2D eigenvalue weighted by molar-refractivity contribution is 0.589. The SMILES string of the molecule is Cc1ccc(-c2c(C#Cc3ccc(F)cc3)c3ccccc3n2S(=O)(=O)c2ccc(C)cc2)cc1. The molecule has 35 heavy (non-hydrogen) atoms. The van der Waals surface area contributed by atoms with Crippen LogP contribution in [0.5, 0.6) is 0 Å². The van der Waals surface area contributed by atoms with Gasteiger partial charge in [0.25, 0.3) is 10.0 Å². The van der Waals surface area contributed by atoms with Crippen LogP contribution >= 0.6 is 0 Å². The maximum absolute atomic E-state index is 14.0. The average Bonchev–Trinajstić information content (AvgIpc) is 3.19. The maximum atomic E-state index is 14.0. The summed E-state index contributed by atoms with van der Waals surface area (Å²) in [5, 5.41) is 0.730. The van der Waals surface area contributed by atoms with Gasteiger partial charge in [-0.2, -0.15) is 0 Å². The van der Waals surface area contributed by atoms with E-state index in [9.17, 15) is 12.8 Å². The van der Waals surface area contributed by atoms with Crippen LogP contribution in [0, 0.1) is 31.5 Å². The highest BCUT2D eigenvalue weighted by Gasteiger charge is 2.27. The zero-order valence-corrected chi connectivity index (χ0v) is 20.1. The number of nitrogens with zero attached hydrogens (tertiary/aromatic N) is 1. The van der Waals surface area contributed by atoms with Gasteiger partial charge in [-0.3, -0.25) is 0 Å². The Balaban J connectivity index is 1.85. The van der Waals surface area contributed by atoms with Gasteiger partial charge >= 0.3 is 0 Å². The average molecular weight is 480 g/mol. The van der Waals surface area contributed by atoms with Crippen molar-refractivity contribution in [3.8, 4) is 23.1 Å². The first-order valence-electron chi connectivity index (χ1n) is 11.1. The summed E-state index contributed by atoms with van der Waals surface area (Å²) < 4.78 is 42.8. The van der Waals surface area contributed by atoms with Gasteiger partial charge in [-0.05, 0) is 56.3 Å². The molecule has 0 unspecified atom stereocenters. The van der Waals surface area contributed by atoms with E-state index in [2.05, 4.69) is 11.8 Å². The quantitative estimate of drug-likeness (QED) is 0.270. The molecular formula is C30H22FNO2S. The third kappa shape index (κ3) is 4.25. The Morgan fingerprint density at radius 1 is 0.714 bits per heavy atom. The zero-order valence-electron chi connectivity index (χ0n) is 19.3. The molecule has 0 saturated carbocycles. The summed E-state index contributed by atoms with van der Waals surface area (Å²) in [6.07, 6.45) is 0. The van der Waals surface area contributed by atoms with Gasteiger partial charge in [-0.1, -0.05) is 77.6 Å². The lowest BCUT2D eigenvalue weighted by atomic mass is 10.0. The van der Waals surface area contributed by atoms with Gasteiger partial charge in [0.15, 0.2) is 0 Å². The first-order valence-corrected chi connectivity index (χ1v) is 12.6. The summed E-state index contributed by atoms with van der Waals surface area (Å²) in [5.41, 5.74) is 5.07. The summed E-state index contributed by atoms with van der Waals surface area (Å²) in [4.78, 5) is 0.204. The monoisotopic (exact) mass is 479 g/mol. The molecule has 0 atom stereocenters. The van der Waals surface area contributed by atoms with Gasteiger partial charge in [0.2, 0.25) is 0 Å². The Kier molecular flexibility index (Phi) is 5.76. The topological polar surface area (TPSA) is 39.1 Å². The zero-order chi connectivity index (χ0) is 24.6. The first kappa shape index (κ1) is 22.6. The Bertz CT molecular complexity index is 1700. The predicted octanol–water partition coefficient (Wildman–Crippen LogP) is 6.70. The highest BCUT2D eigenvalue weighted by Crippen LogP contribution is 2.36. The highest BCUT2D eigenvalue weighted by molar-refractivity contribution is 7.90. The molecule has 0 radical (unpaired) electrons. The minimum absolute atomic E-state index is 0.204. The van der Waals surface area contributed by atoms with Crippen LogP contribution in [0.25, 0.3) is 22.2 Å². The molecular weight excluding hydrogens is 457 g/mol. The van der Waals surface area contributed by atoms with E-state index in [0.29, 0.717) is 22.3 Å². The van der Waals surface area contributed by atoms with Gasteiger partial charge in [0.05, 0.1) is 21.7 Å². The van der Waals surface area contributed by atoms with Crippen LogP contribution < -0.4 is 0 Å². The summed E-state index contributed by atoms with van der Waals surface area (Å²) in [6.45, 7) is 3.90. The summed E-state index contributed by atoms with van der Waals surface area (Å²) in [5.74, 6) is 5.95. The van der Waals surface area contributed by atoms with Crippen molar-refractivity contribution in [1.29, 1.82) is 0 Å². The van der Waals surface area contributed by atoms with Crippen molar-refractivity contribution in [3.05, 3.63) is 125 Å². The molecule has 0 fully saturated rings. The summed E-state index contributed by atoms with van der Waals surface area (Å²) in [7, 11) is -3.94. The fourth-order valence-corrected chi connectivity index (χ4v) is 5.59. The van der Waals surface area contributed by atoms with E-state index in [1.54, 1.807) is 42.5 Å². The third-order valence-corrected chi connectivity index (χ3v) is 7.62. The van der Waals surface area contributed by atoms with Crippen molar-refractivity contribution in [1.82, 2.24) is 3.97 Å². The molecule has 0 saturated heterocycles. The van der Waals surface area contributed by atoms with Crippen molar-refractivity contribution in [2.24, 2.45) is 0 Å². The number of aromatic nitrogens is 1. The van der Waals surface area contributed by atoms with Crippen molar-refractivity contribution >= 4 is 20.9 Å². The third-order valence-electron chi connectivity index (χ3n) is 5.89. The number of halogens is 1. The number of rotatable bonds is 3. The molecule has 172 valence electrons. The molecule has 0 aliphatic rings. The molecule has 5 rings (SSSR count). The number of para-hydroxylation sites is 1. The van der Waals surface area contributed by atoms with Gasteiger partial charge in [-0.25, -0.2) is 16.8 Å². The Morgan fingerprint density at radius 2 is 1.31 bits per heavy atom. The van der Waals surface area contributed by atoms with Crippen molar-refractivity contribution < 1.29 is 12.8 Å². The van der Waals surface area contributed by atoms with Gasteiger partial charge in [0.1, 0.15) is 5.82 Å². The van der Waals surface area contributed by atoms with Crippen LogP contribution in [0.4, 0.5) is 4.39 Å². The Hall–Kier alpha value is -4.14. The molecule has 0 aliphatic carbocycles. The minimum atomic E-state index is -3.94. The van der Waals surface area contributed by atoms with E-state index in [0.717, 1.165) is 22.1 Å². The standard InChI is InChI=1S/C30H22FNO2S/c1-21-7-14-24(15-8-21)30-28(20-13-23-11-16-25(31)17-12-23)27-5-3-4-6-29(27)32(30)35(33,34)26-18-9-22(2)10-19-26/h3-12,14-19H,1-2H3. The van der Waals surface area contributed by atoms with E-state index in [4.69, 9.17) is 0 Å². The smallest absolute Gasteiger partial charge is 0.232 e. The molecule has 0 bridgehead atoms. The van der Waals surface area contributed by atoms with Crippen LogP contribution in [-0.2, 0) is 10.0 Å². The molecule has 4 aromatic carbocycles. The predicted molar refractivity (Wildman–Crippen MR) is 138 cm³/mol. The Morgan fingerprint density at radius 3 is 1.97 bits per heavy atom. The van der Waals surface area contributed by atoms with Crippen LogP contribution in [0.3, 0.4) is 0 Å². The maximum Gasteiger partial charge on any atom is 0.268 e. The summed E-state index contributed by atoms with van der Waals surface area (Å²) >= 11 is 0. The van der Waals surface area contributed by atoms with Gasteiger partial charge < -0.3 is 0 Å². The lowest BCUT2D eigenvalue weighted by Gasteiger charge is -2.13. The molecule has 0 N–H and O–H groups in total. The fraction of sp³-hybridized carbons (Fsp3) is 0.0667. The van der Waals surface area contributed by atoms with E-state index in [-0.39, 0.29) is 10.7 Å². The molecule has 0 spiro atoms. The van der Waals surface area contributed by atoms with E-state index in [1.165, 1.54) is 16.1 Å².